The standard InChI is InChI=1S/C13H27NO2/c1-5-6-7-8-9-10(2)16-13(15)11(3)12(4)14/h10-12H,5-9,14H2,1-4H3. The highest BCUT2D eigenvalue weighted by molar-refractivity contribution is 5.72. The van der Waals surface area contributed by atoms with Crippen LogP contribution in [0.5, 0.6) is 0 Å². The van der Waals surface area contributed by atoms with Gasteiger partial charge in [0.15, 0.2) is 0 Å². The van der Waals surface area contributed by atoms with E-state index >= 15 is 0 Å². The molecule has 0 bridgehead atoms. The van der Waals surface area contributed by atoms with Crippen LogP contribution in [-0.4, -0.2) is 18.1 Å². The molecule has 0 aromatic heterocycles. The van der Waals surface area contributed by atoms with Crippen molar-refractivity contribution in [3.8, 4) is 0 Å². The molecule has 3 heteroatoms. The van der Waals surface area contributed by atoms with Gasteiger partial charge in [-0.1, -0.05) is 33.1 Å². The summed E-state index contributed by atoms with van der Waals surface area (Å²) in [4.78, 5) is 11.6. The fourth-order valence-electron chi connectivity index (χ4n) is 1.44. The Hall–Kier alpha value is -0.570. The average Bonchev–Trinajstić information content (AvgIpc) is 2.23. The quantitative estimate of drug-likeness (QED) is 0.514. The molecule has 0 amide bonds. The number of carbonyl (C=O) groups excluding carboxylic acids is 1. The van der Waals surface area contributed by atoms with Gasteiger partial charge in [0.1, 0.15) is 0 Å². The molecule has 3 unspecified atom stereocenters. The van der Waals surface area contributed by atoms with Crippen LogP contribution < -0.4 is 5.73 Å². The second-order valence-electron chi connectivity index (χ2n) is 4.74. The monoisotopic (exact) mass is 229 g/mol. The summed E-state index contributed by atoms with van der Waals surface area (Å²) >= 11 is 0. The van der Waals surface area contributed by atoms with Crippen LogP contribution in [0.15, 0.2) is 0 Å². The molecule has 0 saturated carbocycles. The van der Waals surface area contributed by atoms with Gasteiger partial charge in [-0.2, -0.15) is 0 Å². The second kappa shape index (κ2) is 8.57. The molecule has 0 aliphatic rings. The molecule has 0 aromatic carbocycles. The van der Waals surface area contributed by atoms with Crippen molar-refractivity contribution in [2.24, 2.45) is 11.7 Å². The zero-order valence-corrected chi connectivity index (χ0v) is 11.2. The van der Waals surface area contributed by atoms with E-state index in [0.29, 0.717) is 0 Å². The van der Waals surface area contributed by atoms with E-state index in [0.717, 1.165) is 12.8 Å². The second-order valence-corrected chi connectivity index (χ2v) is 4.74. The molecule has 0 saturated heterocycles. The number of rotatable bonds is 8. The average molecular weight is 229 g/mol. The molecule has 96 valence electrons. The predicted octanol–water partition coefficient (Wildman–Crippen LogP) is 2.87. The predicted molar refractivity (Wildman–Crippen MR) is 67.1 cm³/mol. The lowest BCUT2D eigenvalue weighted by Gasteiger charge is -2.18. The van der Waals surface area contributed by atoms with Crippen LogP contribution in [-0.2, 0) is 9.53 Å². The van der Waals surface area contributed by atoms with Gasteiger partial charge in [0, 0.05) is 6.04 Å². The number of carbonyl (C=O) groups is 1. The molecule has 0 heterocycles. The van der Waals surface area contributed by atoms with E-state index in [4.69, 9.17) is 10.5 Å². The van der Waals surface area contributed by atoms with E-state index in [1.54, 1.807) is 0 Å². The van der Waals surface area contributed by atoms with Crippen molar-refractivity contribution >= 4 is 5.97 Å². The Morgan fingerprint density at radius 2 is 1.81 bits per heavy atom. The van der Waals surface area contributed by atoms with Crippen molar-refractivity contribution in [2.75, 3.05) is 0 Å². The lowest BCUT2D eigenvalue weighted by atomic mass is 10.1. The highest BCUT2D eigenvalue weighted by atomic mass is 16.5. The Morgan fingerprint density at radius 3 is 2.31 bits per heavy atom. The van der Waals surface area contributed by atoms with Crippen LogP contribution in [0, 0.1) is 5.92 Å². The summed E-state index contributed by atoms with van der Waals surface area (Å²) in [5.41, 5.74) is 5.65. The third-order valence-electron chi connectivity index (χ3n) is 2.94. The van der Waals surface area contributed by atoms with Crippen molar-refractivity contribution in [3.63, 3.8) is 0 Å². The minimum absolute atomic E-state index is 0.0190. The third-order valence-corrected chi connectivity index (χ3v) is 2.94. The Kier molecular flexibility index (Phi) is 8.26. The van der Waals surface area contributed by atoms with Crippen LogP contribution in [0.25, 0.3) is 0 Å². The van der Waals surface area contributed by atoms with E-state index in [2.05, 4.69) is 6.92 Å². The van der Waals surface area contributed by atoms with Gasteiger partial charge in [0.2, 0.25) is 0 Å². The smallest absolute Gasteiger partial charge is 0.310 e. The summed E-state index contributed by atoms with van der Waals surface area (Å²) in [5, 5.41) is 0. The van der Waals surface area contributed by atoms with Crippen LogP contribution >= 0.6 is 0 Å². The van der Waals surface area contributed by atoms with Gasteiger partial charge in [-0.05, 0) is 26.7 Å². The van der Waals surface area contributed by atoms with Gasteiger partial charge in [0.25, 0.3) is 0 Å². The number of hydrogen-bond donors (Lipinski definition) is 1. The number of nitrogens with two attached hydrogens (primary N) is 1. The molecule has 0 spiro atoms. The molecule has 0 rings (SSSR count). The highest BCUT2D eigenvalue weighted by Crippen LogP contribution is 2.11. The highest BCUT2D eigenvalue weighted by Gasteiger charge is 2.20. The van der Waals surface area contributed by atoms with Crippen molar-refractivity contribution in [3.05, 3.63) is 0 Å². The van der Waals surface area contributed by atoms with E-state index in [1.807, 2.05) is 20.8 Å². The summed E-state index contributed by atoms with van der Waals surface area (Å²) in [6.45, 7) is 7.79. The first-order chi connectivity index (χ1) is 7.49. The lowest BCUT2D eigenvalue weighted by molar-refractivity contribution is -0.153. The summed E-state index contributed by atoms with van der Waals surface area (Å²) in [6, 6.07) is -0.139. The minimum Gasteiger partial charge on any atom is -0.462 e. The van der Waals surface area contributed by atoms with Crippen molar-refractivity contribution in [1.29, 1.82) is 0 Å². The Balaban J connectivity index is 3.69. The Morgan fingerprint density at radius 1 is 1.19 bits per heavy atom. The molecule has 0 radical (unpaired) electrons. The summed E-state index contributed by atoms with van der Waals surface area (Å²) in [5.74, 6) is -0.379. The van der Waals surface area contributed by atoms with Crippen molar-refractivity contribution in [1.82, 2.24) is 0 Å². The molecule has 3 nitrogen and oxygen atoms in total. The number of esters is 1. The zero-order valence-electron chi connectivity index (χ0n) is 11.2. The minimum atomic E-state index is -0.210. The SMILES string of the molecule is CCCCCCC(C)OC(=O)C(C)C(C)N. The maximum Gasteiger partial charge on any atom is 0.310 e. The van der Waals surface area contributed by atoms with Crippen LogP contribution in [0.4, 0.5) is 0 Å². The maximum atomic E-state index is 11.6. The molecular weight excluding hydrogens is 202 g/mol. The fraction of sp³-hybridized carbons (Fsp3) is 0.923. The topological polar surface area (TPSA) is 52.3 Å². The van der Waals surface area contributed by atoms with Crippen LogP contribution in [0.2, 0.25) is 0 Å². The lowest BCUT2D eigenvalue weighted by Crippen LogP contribution is -2.33. The van der Waals surface area contributed by atoms with Crippen molar-refractivity contribution in [2.45, 2.75) is 71.9 Å². The van der Waals surface area contributed by atoms with E-state index in [-0.39, 0.29) is 24.0 Å². The van der Waals surface area contributed by atoms with Crippen LogP contribution in [0.3, 0.4) is 0 Å². The van der Waals surface area contributed by atoms with E-state index in [9.17, 15) is 4.79 Å². The summed E-state index contributed by atoms with van der Waals surface area (Å²) in [7, 11) is 0. The molecule has 3 atom stereocenters. The largest absolute Gasteiger partial charge is 0.462 e. The van der Waals surface area contributed by atoms with Crippen LogP contribution in [0.1, 0.15) is 59.8 Å². The number of hydrogen-bond acceptors (Lipinski definition) is 3. The maximum absolute atomic E-state index is 11.6. The van der Waals surface area contributed by atoms with E-state index < -0.39 is 0 Å². The first-order valence-electron chi connectivity index (χ1n) is 6.45. The molecule has 0 aliphatic heterocycles. The van der Waals surface area contributed by atoms with E-state index in [1.165, 1.54) is 19.3 Å². The van der Waals surface area contributed by atoms with Gasteiger partial charge in [-0.25, -0.2) is 0 Å². The molecule has 16 heavy (non-hydrogen) atoms. The molecule has 0 aliphatic carbocycles. The first kappa shape index (κ1) is 15.4. The van der Waals surface area contributed by atoms with Gasteiger partial charge >= 0.3 is 5.97 Å². The Labute approximate surface area is 99.7 Å². The third kappa shape index (κ3) is 6.83. The number of unbranched alkanes of at least 4 members (excludes halogenated alkanes) is 3. The normalized spacial score (nSPS) is 16.6. The summed E-state index contributed by atoms with van der Waals surface area (Å²) in [6.07, 6.45) is 5.82. The zero-order chi connectivity index (χ0) is 12.6. The first-order valence-corrected chi connectivity index (χ1v) is 6.45. The molecule has 0 aromatic rings. The molecule has 2 N–H and O–H groups in total. The van der Waals surface area contributed by atoms with Gasteiger partial charge in [-0.3, -0.25) is 4.79 Å². The fourth-order valence-corrected chi connectivity index (χ4v) is 1.44. The number of ether oxygens (including phenoxy) is 1. The summed E-state index contributed by atoms with van der Waals surface area (Å²) < 4.78 is 5.33. The van der Waals surface area contributed by atoms with Gasteiger partial charge in [0.05, 0.1) is 12.0 Å². The molecule has 0 fully saturated rings. The van der Waals surface area contributed by atoms with Gasteiger partial charge in [-0.15, -0.1) is 0 Å². The van der Waals surface area contributed by atoms with Crippen molar-refractivity contribution < 1.29 is 9.53 Å². The van der Waals surface area contributed by atoms with Gasteiger partial charge < -0.3 is 10.5 Å². The Bertz CT molecular complexity index is 192. The molecular formula is C13H27NO2.